The van der Waals surface area contributed by atoms with E-state index in [4.69, 9.17) is 9.84 Å². The van der Waals surface area contributed by atoms with E-state index in [9.17, 15) is 4.79 Å². The van der Waals surface area contributed by atoms with Crippen molar-refractivity contribution >= 4 is 5.97 Å². The number of rotatable bonds is 17. The van der Waals surface area contributed by atoms with Crippen LogP contribution in [0.15, 0.2) is 48.6 Å². The van der Waals surface area contributed by atoms with Crippen LogP contribution < -0.4 is 0 Å². The Morgan fingerprint density at radius 2 is 1.35 bits per heavy atom. The summed E-state index contributed by atoms with van der Waals surface area (Å²) in [5.41, 5.74) is 0. The molecule has 0 aromatic heterocycles. The van der Waals surface area contributed by atoms with Gasteiger partial charge in [0.25, 0.3) is 0 Å². The maximum Gasteiger partial charge on any atom is 0.307 e. The van der Waals surface area contributed by atoms with E-state index in [0.717, 1.165) is 32.1 Å². The van der Waals surface area contributed by atoms with Crippen LogP contribution in [0.3, 0.4) is 0 Å². The fourth-order valence-electron chi connectivity index (χ4n) is 2.14. The predicted molar refractivity (Wildman–Crippen MR) is 108 cm³/mol. The van der Waals surface area contributed by atoms with Crippen LogP contribution >= 0.6 is 0 Å². The van der Waals surface area contributed by atoms with Gasteiger partial charge in [-0.05, 0) is 44.9 Å². The average Bonchev–Trinajstić information content (AvgIpc) is 2.64. The summed E-state index contributed by atoms with van der Waals surface area (Å²) < 4.78 is 9.27. The molecular weight excluding hydrogens is 328 g/mol. The van der Waals surface area contributed by atoms with Gasteiger partial charge in [0.2, 0.25) is 0 Å². The van der Waals surface area contributed by atoms with Crippen molar-refractivity contribution in [3.05, 3.63) is 48.6 Å². The summed E-state index contributed by atoms with van der Waals surface area (Å²) in [6.07, 6.45) is 27.5. The van der Waals surface area contributed by atoms with Crippen LogP contribution in [0.5, 0.6) is 0 Å². The SMILES string of the molecule is CCCCCC=CCC=CCC=CCC=CCCCC(=O)OCOCO. The van der Waals surface area contributed by atoms with Crippen molar-refractivity contribution in [2.24, 2.45) is 0 Å². The van der Waals surface area contributed by atoms with E-state index in [2.05, 4.69) is 60.3 Å². The van der Waals surface area contributed by atoms with Gasteiger partial charge >= 0.3 is 5.97 Å². The quantitative estimate of drug-likeness (QED) is 0.158. The van der Waals surface area contributed by atoms with E-state index in [1.54, 1.807) is 0 Å². The van der Waals surface area contributed by atoms with Gasteiger partial charge in [0, 0.05) is 6.42 Å². The second kappa shape index (κ2) is 21.4. The molecule has 0 radical (unpaired) electrons. The Morgan fingerprint density at radius 3 is 1.88 bits per heavy atom. The third-order valence-electron chi connectivity index (χ3n) is 3.60. The standard InChI is InChI=1S/C22H36O4/c1-2-3-4-5-6-7-8-9-10-11-12-13-14-15-16-17-18-19-22(24)26-21-25-20-23/h6-7,9-10,12-13,15-16,23H,2-5,8,11,14,17-21H2,1H3. The first kappa shape index (κ1) is 24.4. The van der Waals surface area contributed by atoms with E-state index in [1.165, 1.54) is 25.7 Å². The summed E-state index contributed by atoms with van der Waals surface area (Å²) in [5, 5.41) is 8.38. The highest BCUT2D eigenvalue weighted by Gasteiger charge is 2.00. The van der Waals surface area contributed by atoms with Gasteiger partial charge in [-0.15, -0.1) is 0 Å². The van der Waals surface area contributed by atoms with Gasteiger partial charge < -0.3 is 14.6 Å². The number of ether oxygens (including phenoxy) is 2. The van der Waals surface area contributed by atoms with Crippen LogP contribution in [0.4, 0.5) is 0 Å². The fourth-order valence-corrected chi connectivity index (χ4v) is 2.14. The molecule has 148 valence electrons. The summed E-state index contributed by atoms with van der Waals surface area (Å²) in [6, 6.07) is 0. The molecule has 26 heavy (non-hydrogen) atoms. The molecule has 0 aliphatic rings. The van der Waals surface area contributed by atoms with Crippen molar-refractivity contribution in [1.82, 2.24) is 0 Å². The zero-order valence-corrected chi connectivity index (χ0v) is 16.3. The lowest BCUT2D eigenvalue weighted by atomic mass is 10.2. The van der Waals surface area contributed by atoms with E-state index >= 15 is 0 Å². The molecule has 0 aromatic carbocycles. The van der Waals surface area contributed by atoms with Crippen molar-refractivity contribution in [2.45, 2.75) is 71.1 Å². The fraction of sp³-hybridized carbons (Fsp3) is 0.591. The van der Waals surface area contributed by atoms with Gasteiger partial charge in [-0.25, -0.2) is 0 Å². The molecular formula is C22H36O4. The monoisotopic (exact) mass is 364 g/mol. The van der Waals surface area contributed by atoms with Crippen molar-refractivity contribution in [3.63, 3.8) is 0 Å². The molecule has 0 saturated heterocycles. The lowest BCUT2D eigenvalue weighted by Crippen LogP contribution is -2.08. The Kier molecular flexibility index (Phi) is 20.0. The van der Waals surface area contributed by atoms with Crippen LogP contribution in [-0.2, 0) is 14.3 Å². The van der Waals surface area contributed by atoms with Crippen LogP contribution in [0.1, 0.15) is 71.1 Å². The minimum Gasteiger partial charge on any atom is -0.438 e. The topological polar surface area (TPSA) is 55.8 Å². The lowest BCUT2D eigenvalue weighted by Gasteiger charge is -2.02. The van der Waals surface area contributed by atoms with Crippen molar-refractivity contribution in [1.29, 1.82) is 0 Å². The Bertz CT molecular complexity index is 422. The maximum absolute atomic E-state index is 11.2. The molecule has 4 nitrogen and oxygen atoms in total. The highest BCUT2D eigenvalue weighted by Crippen LogP contribution is 2.02. The van der Waals surface area contributed by atoms with Crippen molar-refractivity contribution in [3.8, 4) is 0 Å². The molecule has 0 amide bonds. The predicted octanol–water partition coefficient (Wildman–Crippen LogP) is 5.60. The van der Waals surface area contributed by atoms with Gasteiger partial charge in [-0.1, -0.05) is 68.4 Å². The molecule has 1 N–H and O–H groups in total. The highest BCUT2D eigenvalue weighted by molar-refractivity contribution is 5.69. The first-order chi connectivity index (χ1) is 12.8. The molecule has 4 heteroatoms. The van der Waals surface area contributed by atoms with E-state index in [-0.39, 0.29) is 12.8 Å². The van der Waals surface area contributed by atoms with Gasteiger partial charge in [-0.2, -0.15) is 0 Å². The van der Waals surface area contributed by atoms with Gasteiger partial charge in [0.05, 0.1) is 0 Å². The summed E-state index contributed by atoms with van der Waals surface area (Å²) in [4.78, 5) is 11.2. The molecule has 0 atom stereocenters. The Morgan fingerprint density at radius 1 is 0.808 bits per heavy atom. The Labute approximate surface area is 159 Å². The molecule has 0 heterocycles. The molecule has 0 rings (SSSR count). The molecule has 0 fully saturated rings. The van der Waals surface area contributed by atoms with Crippen LogP contribution in [0, 0.1) is 0 Å². The summed E-state index contributed by atoms with van der Waals surface area (Å²) in [7, 11) is 0. The number of aliphatic hydroxyl groups is 1. The minimum absolute atomic E-state index is 0.181. The van der Waals surface area contributed by atoms with E-state index in [0.29, 0.717) is 6.42 Å². The number of hydrogen-bond donors (Lipinski definition) is 1. The summed E-state index contributed by atoms with van der Waals surface area (Å²) in [5.74, 6) is -0.297. The smallest absolute Gasteiger partial charge is 0.307 e. The second-order valence-corrected chi connectivity index (χ2v) is 5.95. The summed E-state index contributed by atoms with van der Waals surface area (Å²) in [6.45, 7) is 1.61. The third kappa shape index (κ3) is 20.4. The highest BCUT2D eigenvalue weighted by atomic mass is 16.7. The molecule has 0 spiro atoms. The van der Waals surface area contributed by atoms with E-state index < -0.39 is 6.79 Å². The molecule has 0 aliphatic carbocycles. The largest absolute Gasteiger partial charge is 0.438 e. The minimum atomic E-state index is -0.435. The average molecular weight is 365 g/mol. The number of esters is 1. The van der Waals surface area contributed by atoms with Crippen molar-refractivity contribution < 1.29 is 19.4 Å². The van der Waals surface area contributed by atoms with Gasteiger partial charge in [0.15, 0.2) is 6.79 Å². The maximum atomic E-state index is 11.2. The second-order valence-electron chi connectivity index (χ2n) is 5.95. The first-order valence-electron chi connectivity index (χ1n) is 9.75. The van der Waals surface area contributed by atoms with E-state index in [1.807, 2.05) is 0 Å². The molecule has 0 unspecified atom stereocenters. The number of carbonyl (C=O) groups is 1. The zero-order valence-electron chi connectivity index (χ0n) is 16.3. The number of unbranched alkanes of at least 4 members (excludes halogenated alkanes) is 4. The number of carbonyl (C=O) groups excluding carboxylic acids is 1. The zero-order chi connectivity index (χ0) is 19.1. The van der Waals surface area contributed by atoms with Crippen LogP contribution in [0.2, 0.25) is 0 Å². The third-order valence-corrected chi connectivity index (χ3v) is 3.60. The Hall–Kier alpha value is -1.65. The molecule has 0 bridgehead atoms. The summed E-state index contributed by atoms with van der Waals surface area (Å²) >= 11 is 0. The van der Waals surface area contributed by atoms with Crippen LogP contribution in [-0.4, -0.2) is 24.7 Å². The molecule has 0 aromatic rings. The number of allylic oxidation sites excluding steroid dienone is 8. The Balaban J connectivity index is 3.44. The normalized spacial score (nSPS) is 12.2. The van der Waals surface area contributed by atoms with Gasteiger partial charge in [0.1, 0.15) is 6.79 Å². The van der Waals surface area contributed by atoms with Crippen LogP contribution in [0.25, 0.3) is 0 Å². The lowest BCUT2D eigenvalue weighted by molar-refractivity contribution is -0.163. The first-order valence-corrected chi connectivity index (χ1v) is 9.75. The molecule has 0 aliphatic heterocycles. The number of aliphatic hydroxyl groups excluding tert-OH is 1. The van der Waals surface area contributed by atoms with Crippen molar-refractivity contribution in [2.75, 3.05) is 13.6 Å². The molecule has 0 saturated carbocycles. The number of hydrogen-bond acceptors (Lipinski definition) is 4. The van der Waals surface area contributed by atoms with Gasteiger partial charge in [-0.3, -0.25) is 4.79 Å².